The Balaban J connectivity index is 1.59. The minimum atomic E-state index is -1.15. The highest BCUT2D eigenvalue weighted by Gasteiger charge is 2.47. The van der Waals surface area contributed by atoms with E-state index in [0.29, 0.717) is 5.56 Å². The Kier molecular flexibility index (Phi) is 12.1. The molecule has 248 valence electrons. The van der Waals surface area contributed by atoms with Crippen molar-refractivity contribution in [2.24, 2.45) is 17.8 Å². The van der Waals surface area contributed by atoms with Crippen molar-refractivity contribution in [3.05, 3.63) is 75.8 Å². The first kappa shape index (κ1) is 35.3. The van der Waals surface area contributed by atoms with Crippen LogP contribution in [0.3, 0.4) is 0 Å². The number of aromatic hydroxyl groups is 1. The molecule has 2 aliphatic rings. The summed E-state index contributed by atoms with van der Waals surface area (Å²) in [5.41, 5.74) is 1.50. The van der Waals surface area contributed by atoms with Crippen molar-refractivity contribution in [3.8, 4) is 5.75 Å². The van der Waals surface area contributed by atoms with Gasteiger partial charge in [-0.15, -0.1) is 0 Å². The third kappa shape index (κ3) is 9.47. The van der Waals surface area contributed by atoms with E-state index < -0.39 is 47.9 Å². The highest BCUT2D eigenvalue weighted by atomic mass is 35.5. The SMILES string of the molecule is CC(C)C[C@@H]1OC(=O)[C@H](C)CNC(=O)[C@@H](Cc2cc(Cl)c(O)c(Cl)c2)NC(=O)/C=C/C[C@@H]([C@H](C)[C@H]2O[C@@H]2c2ccccc2)OC1=O. The molecule has 0 unspecified atom stereocenters. The first-order valence-corrected chi connectivity index (χ1v) is 16.1. The van der Waals surface area contributed by atoms with Crippen LogP contribution in [0.1, 0.15) is 57.8 Å². The summed E-state index contributed by atoms with van der Waals surface area (Å²) in [6.45, 7) is 7.18. The second kappa shape index (κ2) is 15.8. The summed E-state index contributed by atoms with van der Waals surface area (Å²) in [7, 11) is 0. The molecule has 2 heterocycles. The normalized spacial score (nSPS) is 27.6. The van der Waals surface area contributed by atoms with E-state index in [9.17, 15) is 24.3 Å². The summed E-state index contributed by atoms with van der Waals surface area (Å²) in [6.07, 6.45) is 1.03. The van der Waals surface area contributed by atoms with Gasteiger partial charge in [0.05, 0.1) is 22.1 Å². The van der Waals surface area contributed by atoms with Crippen LogP contribution in [0.4, 0.5) is 0 Å². The predicted octanol–water partition coefficient (Wildman–Crippen LogP) is 5.08. The van der Waals surface area contributed by atoms with Gasteiger partial charge in [-0.2, -0.15) is 0 Å². The molecule has 0 aliphatic carbocycles. The van der Waals surface area contributed by atoms with Crippen molar-refractivity contribution in [2.75, 3.05) is 6.54 Å². The average molecular weight is 676 g/mol. The molecule has 2 aliphatic heterocycles. The zero-order chi connectivity index (χ0) is 33.5. The van der Waals surface area contributed by atoms with E-state index in [2.05, 4.69) is 10.6 Å². The quantitative estimate of drug-likeness (QED) is 0.272. The van der Waals surface area contributed by atoms with E-state index in [1.165, 1.54) is 18.2 Å². The third-order valence-corrected chi connectivity index (χ3v) is 8.58. The predicted molar refractivity (Wildman–Crippen MR) is 172 cm³/mol. The number of benzene rings is 2. The van der Waals surface area contributed by atoms with E-state index in [0.717, 1.165) is 5.56 Å². The summed E-state index contributed by atoms with van der Waals surface area (Å²) in [6, 6.07) is 11.6. The van der Waals surface area contributed by atoms with E-state index in [1.54, 1.807) is 13.0 Å². The lowest BCUT2D eigenvalue weighted by atomic mass is 9.93. The van der Waals surface area contributed by atoms with Gasteiger partial charge in [-0.1, -0.05) is 87.3 Å². The molecule has 0 spiro atoms. The smallest absolute Gasteiger partial charge is 0.347 e. The molecular weight excluding hydrogens is 635 g/mol. The van der Waals surface area contributed by atoms with Crippen molar-refractivity contribution in [1.29, 1.82) is 0 Å². The molecule has 0 saturated carbocycles. The second-order valence-corrected chi connectivity index (χ2v) is 13.1. The van der Waals surface area contributed by atoms with Gasteiger partial charge in [0.15, 0.2) is 11.9 Å². The minimum Gasteiger partial charge on any atom is -0.505 e. The van der Waals surface area contributed by atoms with Gasteiger partial charge in [0.1, 0.15) is 18.2 Å². The fraction of sp³-hybridized carbons (Fsp3) is 0.471. The number of cyclic esters (lactones) is 2. The number of hydrogen-bond acceptors (Lipinski definition) is 8. The molecule has 2 amide bonds. The van der Waals surface area contributed by atoms with Gasteiger partial charge < -0.3 is 30.0 Å². The fourth-order valence-corrected chi connectivity index (χ4v) is 5.82. The lowest BCUT2D eigenvalue weighted by molar-refractivity contribution is -0.176. The molecule has 0 bridgehead atoms. The number of phenolic OH excluding ortho intramolecular Hbond substituents is 1. The molecule has 0 radical (unpaired) electrons. The van der Waals surface area contributed by atoms with Crippen LogP contribution in [0.25, 0.3) is 0 Å². The Hall–Kier alpha value is -3.60. The lowest BCUT2D eigenvalue weighted by Gasteiger charge is -2.27. The molecule has 4 rings (SSSR count). The molecule has 1 saturated heterocycles. The molecule has 46 heavy (non-hydrogen) atoms. The van der Waals surface area contributed by atoms with Crippen LogP contribution < -0.4 is 10.6 Å². The van der Waals surface area contributed by atoms with E-state index in [4.69, 9.17) is 37.4 Å². The summed E-state index contributed by atoms with van der Waals surface area (Å²) >= 11 is 12.2. The molecule has 3 N–H and O–H groups in total. The molecule has 12 heteroatoms. The number of carbonyl (C=O) groups is 4. The fourth-order valence-electron chi connectivity index (χ4n) is 5.29. The number of ether oxygens (including phenoxy) is 3. The Morgan fingerprint density at radius 3 is 2.30 bits per heavy atom. The third-order valence-electron chi connectivity index (χ3n) is 8.00. The lowest BCUT2D eigenvalue weighted by Crippen LogP contribution is -2.49. The summed E-state index contributed by atoms with van der Waals surface area (Å²) in [4.78, 5) is 52.9. The van der Waals surface area contributed by atoms with Gasteiger partial charge in [-0.25, -0.2) is 4.79 Å². The molecule has 1 fully saturated rings. The Bertz CT molecular complexity index is 1430. The van der Waals surface area contributed by atoms with Crippen molar-refractivity contribution < 1.29 is 38.5 Å². The minimum absolute atomic E-state index is 0.00138. The monoisotopic (exact) mass is 674 g/mol. The summed E-state index contributed by atoms with van der Waals surface area (Å²) in [5, 5.41) is 15.3. The van der Waals surface area contributed by atoms with Gasteiger partial charge in [-0.05, 0) is 41.7 Å². The van der Waals surface area contributed by atoms with E-state index >= 15 is 0 Å². The highest BCUT2D eigenvalue weighted by Crippen LogP contribution is 2.45. The Morgan fingerprint density at radius 1 is 0.978 bits per heavy atom. The van der Waals surface area contributed by atoms with Crippen LogP contribution in [0.2, 0.25) is 10.0 Å². The van der Waals surface area contributed by atoms with Crippen molar-refractivity contribution in [1.82, 2.24) is 10.6 Å². The molecule has 2 aromatic carbocycles. The molecule has 2 aromatic rings. The molecule has 0 aromatic heterocycles. The van der Waals surface area contributed by atoms with Gasteiger partial charge in [-0.3, -0.25) is 14.4 Å². The Labute approximate surface area is 278 Å². The van der Waals surface area contributed by atoms with Crippen molar-refractivity contribution in [3.63, 3.8) is 0 Å². The molecular formula is C34H40Cl2N2O8. The number of rotatable bonds is 7. The van der Waals surface area contributed by atoms with E-state index in [-0.39, 0.29) is 65.6 Å². The standard InChI is InChI=1S/C34H40Cl2N2O8/c1-18(2)13-27-34(43)44-26(20(4)30-31(46-30)22-9-6-5-7-10-22)11-8-12-28(39)38-25(32(41)37-17-19(3)33(42)45-27)16-21-14-23(35)29(40)24(36)15-21/h5-10,12,14-15,18-20,25-27,30-31,40H,11,13,16-17H2,1-4H3,(H,37,41)(H,38,39)/b12-8+/t19-,20+,25-,26+,27+,30-,31-/m1/s1. The zero-order valence-electron chi connectivity index (χ0n) is 26.2. The first-order valence-electron chi connectivity index (χ1n) is 15.4. The van der Waals surface area contributed by atoms with Gasteiger partial charge >= 0.3 is 11.9 Å². The number of hydrogen-bond donors (Lipinski definition) is 3. The highest BCUT2D eigenvalue weighted by molar-refractivity contribution is 6.37. The maximum Gasteiger partial charge on any atom is 0.347 e. The maximum atomic E-state index is 13.5. The van der Waals surface area contributed by atoms with Crippen LogP contribution in [0, 0.1) is 17.8 Å². The summed E-state index contributed by atoms with van der Waals surface area (Å²) < 4.78 is 17.6. The van der Waals surface area contributed by atoms with Gasteiger partial charge in [0.25, 0.3) is 0 Å². The molecule has 7 atom stereocenters. The topological polar surface area (TPSA) is 144 Å². The Morgan fingerprint density at radius 2 is 1.65 bits per heavy atom. The van der Waals surface area contributed by atoms with Crippen LogP contribution in [0.15, 0.2) is 54.6 Å². The maximum absolute atomic E-state index is 13.5. The summed E-state index contributed by atoms with van der Waals surface area (Å²) in [5.74, 6) is -3.82. The number of carbonyl (C=O) groups excluding carboxylic acids is 4. The van der Waals surface area contributed by atoms with Crippen LogP contribution in [-0.4, -0.2) is 59.8 Å². The largest absolute Gasteiger partial charge is 0.505 e. The molecule has 10 nitrogen and oxygen atoms in total. The van der Waals surface area contributed by atoms with Gasteiger partial charge in [0.2, 0.25) is 11.8 Å². The first-order chi connectivity index (χ1) is 21.8. The average Bonchev–Trinajstić information content (AvgIpc) is 3.81. The van der Waals surface area contributed by atoms with Crippen LogP contribution in [-0.2, 0) is 39.8 Å². The van der Waals surface area contributed by atoms with Crippen LogP contribution >= 0.6 is 23.2 Å². The van der Waals surface area contributed by atoms with Gasteiger partial charge in [0, 0.05) is 25.3 Å². The van der Waals surface area contributed by atoms with Crippen LogP contribution in [0.5, 0.6) is 5.75 Å². The number of esters is 2. The number of amides is 2. The van der Waals surface area contributed by atoms with Crippen molar-refractivity contribution in [2.45, 2.75) is 77.4 Å². The number of epoxide rings is 1. The van der Waals surface area contributed by atoms with Crippen molar-refractivity contribution >= 4 is 47.0 Å². The number of phenols is 1. The number of nitrogens with one attached hydrogen (secondary N) is 2. The second-order valence-electron chi connectivity index (χ2n) is 12.3. The van der Waals surface area contributed by atoms with E-state index in [1.807, 2.05) is 51.1 Å². The number of halogens is 2. The zero-order valence-corrected chi connectivity index (χ0v) is 27.7.